The fourth-order valence-electron chi connectivity index (χ4n) is 1.81. The Labute approximate surface area is 108 Å². The molecule has 0 heterocycles. The zero-order valence-electron chi connectivity index (χ0n) is 10.5. The highest BCUT2D eigenvalue weighted by atomic mass is 16.1. The summed E-state index contributed by atoms with van der Waals surface area (Å²) in [4.78, 5) is 11.9. The zero-order valence-corrected chi connectivity index (χ0v) is 10.5. The second-order valence-electron chi connectivity index (χ2n) is 4.31. The molecule has 1 heteroatoms. The lowest BCUT2D eigenvalue weighted by atomic mass is 10.0. The Kier molecular flexibility index (Phi) is 4.08. The Bertz CT molecular complexity index is 553. The maximum atomic E-state index is 11.9. The molecular weight excluding hydrogens is 220 g/mol. The van der Waals surface area contributed by atoms with Gasteiger partial charge in [0, 0.05) is 6.42 Å². The predicted octanol–water partition coefficient (Wildman–Crippen LogP) is 3.82. The Hall–Kier alpha value is -2.15. The molecular formula is C17H16O. The third-order valence-corrected chi connectivity index (χ3v) is 2.89. The van der Waals surface area contributed by atoms with E-state index in [1.54, 1.807) is 6.08 Å². The molecule has 2 aromatic carbocycles. The van der Waals surface area contributed by atoms with Crippen LogP contribution in [0.3, 0.4) is 0 Å². The fourth-order valence-corrected chi connectivity index (χ4v) is 1.81. The van der Waals surface area contributed by atoms with Crippen LogP contribution in [-0.2, 0) is 11.2 Å². The number of hydrogen-bond acceptors (Lipinski definition) is 1. The third kappa shape index (κ3) is 3.42. The van der Waals surface area contributed by atoms with Gasteiger partial charge in [-0.15, -0.1) is 0 Å². The summed E-state index contributed by atoms with van der Waals surface area (Å²) in [5.74, 6) is 0.133. The first-order chi connectivity index (χ1) is 8.75. The quantitative estimate of drug-likeness (QED) is 0.737. The van der Waals surface area contributed by atoms with E-state index in [-0.39, 0.29) is 5.78 Å². The molecule has 0 saturated heterocycles. The van der Waals surface area contributed by atoms with E-state index in [0.717, 1.165) is 11.1 Å². The molecule has 90 valence electrons. The molecule has 0 aliphatic heterocycles. The molecule has 0 unspecified atom stereocenters. The van der Waals surface area contributed by atoms with Crippen molar-refractivity contribution in [2.24, 2.45) is 0 Å². The Morgan fingerprint density at radius 2 is 1.67 bits per heavy atom. The highest BCUT2D eigenvalue weighted by Crippen LogP contribution is 2.09. The van der Waals surface area contributed by atoms with E-state index in [1.807, 2.05) is 67.6 Å². The van der Waals surface area contributed by atoms with Crippen molar-refractivity contribution in [3.63, 3.8) is 0 Å². The molecule has 0 N–H and O–H groups in total. The fraction of sp³-hybridized carbons (Fsp3) is 0.118. The summed E-state index contributed by atoms with van der Waals surface area (Å²) < 4.78 is 0. The van der Waals surface area contributed by atoms with E-state index in [0.29, 0.717) is 6.42 Å². The van der Waals surface area contributed by atoms with Gasteiger partial charge in [0.05, 0.1) is 0 Å². The van der Waals surface area contributed by atoms with Gasteiger partial charge in [0.1, 0.15) is 0 Å². The largest absolute Gasteiger partial charge is 0.294 e. The van der Waals surface area contributed by atoms with Gasteiger partial charge in [-0.1, -0.05) is 60.7 Å². The number of hydrogen-bond donors (Lipinski definition) is 0. The molecule has 0 bridgehead atoms. The average molecular weight is 236 g/mol. The maximum absolute atomic E-state index is 11.9. The first kappa shape index (κ1) is 12.3. The zero-order chi connectivity index (χ0) is 12.8. The number of carbonyl (C=O) groups excluding carboxylic acids is 1. The number of aryl methyl sites for hydroxylation is 1. The summed E-state index contributed by atoms with van der Waals surface area (Å²) in [7, 11) is 0. The molecule has 1 nitrogen and oxygen atoms in total. The minimum Gasteiger partial charge on any atom is -0.294 e. The van der Waals surface area contributed by atoms with Crippen LogP contribution in [0.4, 0.5) is 0 Å². The summed E-state index contributed by atoms with van der Waals surface area (Å²) in [6.07, 6.45) is 3.98. The molecule has 0 fully saturated rings. The van der Waals surface area contributed by atoms with Crippen molar-refractivity contribution in [1.29, 1.82) is 0 Å². The van der Waals surface area contributed by atoms with Gasteiger partial charge in [-0.05, 0) is 29.7 Å². The first-order valence-electron chi connectivity index (χ1n) is 6.06. The summed E-state index contributed by atoms with van der Waals surface area (Å²) in [5.41, 5.74) is 3.31. The van der Waals surface area contributed by atoms with Crippen LogP contribution in [0.1, 0.15) is 16.7 Å². The normalized spacial score (nSPS) is 10.7. The lowest BCUT2D eigenvalue weighted by Crippen LogP contribution is -2.00. The van der Waals surface area contributed by atoms with Gasteiger partial charge in [-0.25, -0.2) is 0 Å². The molecule has 2 rings (SSSR count). The molecule has 0 spiro atoms. The molecule has 0 saturated carbocycles. The van der Waals surface area contributed by atoms with Gasteiger partial charge in [0.25, 0.3) is 0 Å². The van der Waals surface area contributed by atoms with E-state index in [4.69, 9.17) is 0 Å². The minimum atomic E-state index is 0.133. The third-order valence-electron chi connectivity index (χ3n) is 2.89. The van der Waals surface area contributed by atoms with E-state index in [2.05, 4.69) is 0 Å². The minimum absolute atomic E-state index is 0.133. The van der Waals surface area contributed by atoms with E-state index >= 15 is 0 Å². The van der Waals surface area contributed by atoms with Crippen LogP contribution in [0.25, 0.3) is 6.08 Å². The number of ketones is 1. The maximum Gasteiger partial charge on any atom is 0.160 e. The summed E-state index contributed by atoms with van der Waals surface area (Å²) in [5, 5.41) is 0. The molecule has 0 aliphatic carbocycles. The van der Waals surface area contributed by atoms with Crippen molar-refractivity contribution < 1.29 is 4.79 Å². The molecule has 0 atom stereocenters. The van der Waals surface area contributed by atoms with Crippen LogP contribution >= 0.6 is 0 Å². The second-order valence-corrected chi connectivity index (χ2v) is 4.31. The Morgan fingerprint density at radius 3 is 2.39 bits per heavy atom. The molecule has 0 amide bonds. The van der Waals surface area contributed by atoms with Crippen molar-refractivity contribution in [3.8, 4) is 0 Å². The van der Waals surface area contributed by atoms with Crippen LogP contribution < -0.4 is 0 Å². The SMILES string of the molecule is Cc1ccccc1CC(=O)/C=C/c1ccccc1. The first-order valence-corrected chi connectivity index (χ1v) is 6.06. The van der Waals surface area contributed by atoms with Crippen molar-refractivity contribution in [3.05, 3.63) is 77.4 Å². The highest BCUT2D eigenvalue weighted by molar-refractivity contribution is 5.95. The van der Waals surface area contributed by atoms with Crippen LogP contribution in [0.2, 0.25) is 0 Å². The van der Waals surface area contributed by atoms with Gasteiger partial charge in [-0.2, -0.15) is 0 Å². The van der Waals surface area contributed by atoms with Gasteiger partial charge in [0.2, 0.25) is 0 Å². The molecule has 0 aromatic heterocycles. The Morgan fingerprint density at radius 1 is 1.00 bits per heavy atom. The van der Waals surface area contributed by atoms with Gasteiger partial charge in [0.15, 0.2) is 5.78 Å². The monoisotopic (exact) mass is 236 g/mol. The van der Waals surface area contributed by atoms with E-state index in [9.17, 15) is 4.79 Å². The lowest BCUT2D eigenvalue weighted by molar-refractivity contribution is -0.113. The molecule has 0 aliphatic rings. The second kappa shape index (κ2) is 5.97. The van der Waals surface area contributed by atoms with Crippen LogP contribution in [0.15, 0.2) is 60.7 Å². The molecule has 0 radical (unpaired) electrons. The number of rotatable bonds is 4. The molecule has 2 aromatic rings. The van der Waals surface area contributed by atoms with Crippen molar-refractivity contribution in [2.75, 3.05) is 0 Å². The van der Waals surface area contributed by atoms with Gasteiger partial charge < -0.3 is 0 Å². The highest BCUT2D eigenvalue weighted by Gasteiger charge is 2.01. The lowest BCUT2D eigenvalue weighted by Gasteiger charge is -2.01. The summed E-state index contributed by atoms with van der Waals surface area (Å²) >= 11 is 0. The van der Waals surface area contributed by atoms with Gasteiger partial charge in [-0.3, -0.25) is 4.79 Å². The Balaban J connectivity index is 2.02. The van der Waals surface area contributed by atoms with E-state index < -0.39 is 0 Å². The summed E-state index contributed by atoms with van der Waals surface area (Å²) in [6, 6.07) is 17.9. The van der Waals surface area contributed by atoms with Crippen LogP contribution in [0.5, 0.6) is 0 Å². The predicted molar refractivity (Wildman–Crippen MR) is 75.4 cm³/mol. The van der Waals surface area contributed by atoms with E-state index in [1.165, 1.54) is 5.56 Å². The molecule has 18 heavy (non-hydrogen) atoms. The van der Waals surface area contributed by atoms with Gasteiger partial charge >= 0.3 is 0 Å². The van der Waals surface area contributed by atoms with Crippen LogP contribution in [-0.4, -0.2) is 5.78 Å². The van der Waals surface area contributed by atoms with Crippen LogP contribution in [0, 0.1) is 6.92 Å². The number of benzene rings is 2. The smallest absolute Gasteiger partial charge is 0.160 e. The standard InChI is InChI=1S/C17H16O/c1-14-7-5-6-10-16(14)13-17(18)12-11-15-8-3-2-4-9-15/h2-12H,13H2,1H3/b12-11+. The topological polar surface area (TPSA) is 17.1 Å². The van der Waals surface area contributed by atoms with Crippen molar-refractivity contribution >= 4 is 11.9 Å². The number of allylic oxidation sites excluding steroid dienone is 1. The van der Waals surface area contributed by atoms with Crippen molar-refractivity contribution in [1.82, 2.24) is 0 Å². The summed E-state index contributed by atoms with van der Waals surface area (Å²) in [6.45, 7) is 2.03. The number of carbonyl (C=O) groups is 1. The average Bonchev–Trinajstić information content (AvgIpc) is 2.40. The van der Waals surface area contributed by atoms with Crippen molar-refractivity contribution in [2.45, 2.75) is 13.3 Å².